The Morgan fingerprint density at radius 3 is 1.92 bits per heavy atom. The lowest BCUT2D eigenvalue weighted by Crippen LogP contribution is -2.27. The Labute approximate surface area is 230 Å². The zero-order chi connectivity index (χ0) is 26.7. The maximum absolute atomic E-state index is 14.0. The molecule has 0 bridgehead atoms. The molecule has 0 radical (unpaired) electrons. The Morgan fingerprint density at radius 1 is 0.763 bits per heavy atom. The smallest absolute Gasteiger partial charge is 0.268 e. The van der Waals surface area contributed by atoms with E-state index in [0.29, 0.717) is 23.5 Å². The average molecular weight is 543 g/mol. The molecule has 1 aromatic heterocycles. The van der Waals surface area contributed by atoms with Gasteiger partial charge in [0, 0.05) is 42.2 Å². The van der Waals surface area contributed by atoms with Gasteiger partial charge in [0.05, 0.1) is 10.4 Å². The summed E-state index contributed by atoms with van der Waals surface area (Å²) >= 11 is 6.34. The second kappa shape index (κ2) is 11.2. The van der Waals surface area contributed by atoms with Gasteiger partial charge in [-0.15, -0.1) is 0 Å². The number of benzene rings is 4. The summed E-state index contributed by atoms with van der Waals surface area (Å²) in [6.45, 7) is 6.18. The van der Waals surface area contributed by atoms with Gasteiger partial charge < -0.3 is 0 Å². The molecule has 0 spiro atoms. The monoisotopic (exact) mass is 542 g/mol. The highest BCUT2D eigenvalue weighted by molar-refractivity contribution is 7.90. The average Bonchev–Trinajstić information content (AvgIpc) is 3.20. The van der Waals surface area contributed by atoms with E-state index in [4.69, 9.17) is 11.6 Å². The predicted molar refractivity (Wildman–Crippen MR) is 156 cm³/mol. The lowest BCUT2D eigenvalue weighted by Gasteiger charge is -2.23. The molecule has 0 amide bonds. The SMILES string of the molecule is Cc1ccc(S(=O)(=O)n2c(CCN(Cc3ccccc3)Cc3ccccc3)c(C)c3cc(Cl)ccc32)cc1. The van der Waals surface area contributed by atoms with Gasteiger partial charge in [-0.1, -0.05) is 90.0 Å². The highest BCUT2D eigenvalue weighted by Crippen LogP contribution is 2.32. The van der Waals surface area contributed by atoms with Gasteiger partial charge in [-0.2, -0.15) is 0 Å². The first-order chi connectivity index (χ1) is 18.3. The summed E-state index contributed by atoms with van der Waals surface area (Å²) in [5, 5.41) is 1.45. The molecule has 0 atom stereocenters. The Bertz CT molecular complexity index is 1600. The van der Waals surface area contributed by atoms with E-state index in [1.54, 1.807) is 18.2 Å². The third-order valence-electron chi connectivity index (χ3n) is 6.98. The Kier molecular flexibility index (Phi) is 7.70. The van der Waals surface area contributed by atoms with E-state index in [1.165, 1.54) is 15.1 Å². The van der Waals surface area contributed by atoms with Crippen molar-refractivity contribution in [2.24, 2.45) is 0 Å². The van der Waals surface area contributed by atoms with E-state index in [-0.39, 0.29) is 4.90 Å². The van der Waals surface area contributed by atoms with Crippen molar-refractivity contribution in [2.75, 3.05) is 6.54 Å². The predicted octanol–water partition coefficient (Wildman–Crippen LogP) is 7.39. The number of aromatic nitrogens is 1. The normalized spacial score (nSPS) is 11.9. The van der Waals surface area contributed by atoms with Gasteiger partial charge in [-0.25, -0.2) is 12.4 Å². The van der Waals surface area contributed by atoms with Crippen molar-refractivity contribution < 1.29 is 8.42 Å². The first-order valence-electron chi connectivity index (χ1n) is 12.7. The van der Waals surface area contributed by atoms with E-state index in [0.717, 1.165) is 35.3 Å². The van der Waals surface area contributed by atoms with Crippen LogP contribution in [-0.2, 0) is 29.5 Å². The van der Waals surface area contributed by atoms with Crippen LogP contribution >= 0.6 is 11.6 Å². The molecule has 0 saturated heterocycles. The molecule has 4 nitrogen and oxygen atoms in total. The summed E-state index contributed by atoms with van der Waals surface area (Å²) in [7, 11) is -3.82. The van der Waals surface area contributed by atoms with Crippen molar-refractivity contribution in [2.45, 2.75) is 38.3 Å². The Morgan fingerprint density at radius 2 is 1.34 bits per heavy atom. The third kappa shape index (κ3) is 5.56. The molecule has 0 N–H and O–H groups in total. The standard InChI is InChI=1S/C32H31ClN2O2S/c1-24-13-16-29(17-14-24)38(36,37)35-31(25(2)30-21-28(33)15-18-32(30)35)19-20-34(22-26-9-5-3-6-10-26)23-27-11-7-4-8-12-27/h3-18,21H,19-20,22-23H2,1-2H3. The molecule has 0 fully saturated rings. The van der Waals surface area contributed by atoms with Crippen molar-refractivity contribution in [1.29, 1.82) is 0 Å². The van der Waals surface area contributed by atoms with Crippen molar-refractivity contribution >= 4 is 32.5 Å². The highest BCUT2D eigenvalue weighted by atomic mass is 35.5. The number of aryl methyl sites for hydroxylation is 2. The van der Waals surface area contributed by atoms with E-state index < -0.39 is 10.0 Å². The summed E-state index contributed by atoms with van der Waals surface area (Å²) in [5.74, 6) is 0. The summed E-state index contributed by atoms with van der Waals surface area (Å²) in [6.07, 6.45) is 0.572. The first-order valence-corrected chi connectivity index (χ1v) is 14.6. The molecule has 38 heavy (non-hydrogen) atoms. The van der Waals surface area contributed by atoms with E-state index in [9.17, 15) is 8.42 Å². The molecule has 6 heteroatoms. The van der Waals surface area contributed by atoms with E-state index in [1.807, 2.05) is 50.2 Å². The molecule has 0 unspecified atom stereocenters. The fourth-order valence-electron chi connectivity index (χ4n) is 4.98. The number of rotatable bonds is 9. The van der Waals surface area contributed by atoms with Crippen molar-refractivity contribution in [3.8, 4) is 0 Å². The molecule has 4 aromatic carbocycles. The van der Waals surface area contributed by atoms with Crippen LogP contribution in [0, 0.1) is 13.8 Å². The number of hydrogen-bond acceptors (Lipinski definition) is 3. The molecule has 1 heterocycles. The van der Waals surface area contributed by atoms with Crippen LogP contribution in [0.2, 0.25) is 5.02 Å². The molecule has 5 rings (SSSR count). The van der Waals surface area contributed by atoms with Crippen LogP contribution in [0.1, 0.15) is 27.9 Å². The van der Waals surface area contributed by atoms with Crippen molar-refractivity contribution in [3.63, 3.8) is 0 Å². The summed E-state index contributed by atoms with van der Waals surface area (Å²) in [5.41, 5.74) is 5.84. The Balaban J connectivity index is 1.55. The minimum atomic E-state index is -3.82. The van der Waals surface area contributed by atoms with E-state index >= 15 is 0 Å². The van der Waals surface area contributed by atoms with Crippen LogP contribution in [0.15, 0.2) is 108 Å². The third-order valence-corrected chi connectivity index (χ3v) is 8.98. The molecule has 0 aliphatic rings. The van der Waals surface area contributed by atoms with Gasteiger partial charge in [0.25, 0.3) is 10.0 Å². The minimum absolute atomic E-state index is 0.279. The summed E-state index contributed by atoms with van der Waals surface area (Å²) in [4.78, 5) is 2.65. The van der Waals surface area contributed by atoms with Crippen LogP contribution in [0.25, 0.3) is 10.9 Å². The number of halogens is 1. The van der Waals surface area contributed by atoms with Gasteiger partial charge in [0.1, 0.15) is 0 Å². The zero-order valence-electron chi connectivity index (χ0n) is 21.6. The molecule has 5 aromatic rings. The van der Waals surface area contributed by atoms with Crippen molar-refractivity contribution in [1.82, 2.24) is 8.87 Å². The van der Waals surface area contributed by atoms with Crippen LogP contribution in [0.5, 0.6) is 0 Å². The largest absolute Gasteiger partial charge is 0.294 e. The Hall–Kier alpha value is -3.38. The molecule has 194 valence electrons. The van der Waals surface area contributed by atoms with Crippen molar-refractivity contribution in [3.05, 3.63) is 136 Å². The topological polar surface area (TPSA) is 42.3 Å². The number of nitrogens with zero attached hydrogens (tertiary/aromatic N) is 2. The molecular weight excluding hydrogens is 512 g/mol. The molecule has 0 aliphatic carbocycles. The van der Waals surface area contributed by atoms with Crippen LogP contribution in [0.3, 0.4) is 0 Å². The lowest BCUT2D eigenvalue weighted by atomic mass is 10.1. The summed E-state index contributed by atoms with van der Waals surface area (Å²) < 4.78 is 29.6. The minimum Gasteiger partial charge on any atom is -0.294 e. The number of fused-ring (bicyclic) bond motifs is 1. The molecule has 0 saturated carbocycles. The van der Waals surface area contributed by atoms with Gasteiger partial charge >= 0.3 is 0 Å². The summed E-state index contributed by atoms with van der Waals surface area (Å²) in [6, 6.07) is 33.2. The second-order valence-corrected chi connectivity index (χ2v) is 12.0. The van der Waals surface area contributed by atoms with Crippen LogP contribution in [0.4, 0.5) is 0 Å². The van der Waals surface area contributed by atoms with Gasteiger partial charge in [-0.05, 0) is 60.9 Å². The lowest BCUT2D eigenvalue weighted by molar-refractivity contribution is 0.259. The second-order valence-electron chi connectivity index (χ2n) is 9.75. The molecule has 0 aliphatic heterocycles. The highest BCUT2D eigenvalue weighted by Gasteiger charge is 2.26. The van der Waals surface area contributed by atoms with Gasteiger partial charge in [-0.3, -0.25) is 4.90 Å². The van der Waals surface area contributed by atoms with Crippen LogP contribution in [-0.4, -0.2) is 23.8 Å². The van der Waals surface area contributed by atoms with E-state index in [2.05, 4.69) is 53.4 Å². The first kappa shape index (κ1) is 26.2. The maximum atomic E-state index is 14.0. The van der Waals surface area contributed by atoms with Crippen LogP contribution < -0.4 is 0 Å². The fourth-order valence-corrected chi connectivity index (χ4v) is 6.78. The fraction of sp³-hybridized carbons (Fsp3) is 0.188. The van der Waals surface area contributed by atoms with Gasteiger partial charge in [0.15, 0.2) is 0 Å². The zero-order valence-corrected chi connectivity index (χ0v) is 23.2. The maximum Gasteiger partial charge on any atom is 0.268 e. The molecular formula is C32H31ClN2O2S. The quantitative estimate of drug-likeness (QED) is 0.195. The van der Waals surface area contributed by atoms with Gasteiger partial charge in [0.2, 0.25) is 0 Å². The number of hydrogen-bond donors (Lipinski definition) is 0.